The number of rotatable bonds is 4. The van der Waals surface area contributed by atoms with Crippen LogP contribution in [-0.2, 0) is 0 Å². The maximum Gasteiger partial charge on any atom is 0.275 e. The quantitative estimate of drug-likeness (QED) is 0.901. The Hall–Kier alpha value is -2.37. The minimum Gasteiger partial charge on any atom is -0.382 e. The number of carbonyl (C=O) groups excluding carboxylic acids is 1. The van der Waals surface area contributed by atoms with Gasteiger partial charge in [-0.1, -0.05) is 31.2 Å². The minimum atomic E-state index is -0.312. The van der Waals surface area contributed by atoms with Crippen LogP contribution in [0.25, 0.3) is 5.69 Å². The van der Waals surface area contributed by atoms with Crippen LogP contribution < -0.4 is 11.1 Å². The van der Waals surface area contributed by atoms with Crippen LogP contribution in [0.1, 0.15) is 49.7 Å². The highest BCUT2D eigenvalue weighted by molar-refractivity contribution is 5.96. The first kappa shape index (κ1) is 15.0. The van der Waals surface area contributed by atoms with E-state index >= 15 is 0 Å². The van der Waals surface area contributed by atoms with Crippen molar-refractivity contribution >= 4 is 11.7 Å². The molecule has 0 aliphatic rings. The second kappa shape index (κ2) is 5.95. The van der Waals surface area contributed by atoms with Crippen molar-refractivity contribution < 1.29 is 4.79 Å². The molecule has 1 amide bonds. The predicted molar refractivity (Wildman–Crippen MR) is 82.5 cm³/mol. The van der Waals surface area contributed by atoms with Gasteiger partial charge in [0.25, 0.3) is 5.91 Å². The van der Waals surface area contributed by atoms with Gasteiger partial charge in [-0.15, -0.1) is 5.10 Å². The summed E-state index contributed by atoms with van der Waals surface area (Å²) in [5.74, 6) is 0.387. The summed E-state index contributed by atoms with van der Waals surface area (Å²) in [6.07, 6.45) is 0. The van der Waals surface area contributed by atoms with Crippen LogP contribution in [0.5, 0.6) is 0 Å². The molecular formula is C15H21N5O. The molecule has 0 bridgehead atoms. The van der Waals surface area contributed by atoms with E-state index in [1.807, 2.05) is 38.1 Å². The molecule has 0 aliphatic carbocycles. The van der Waals surface area contributed by atoms with E-state index in [9.17, 15) is 4.79 Å². The fourth-order valence-electron chi connectivity index (χ4n) is 1.97. The molecule has 1 aromatic carbocycles. The molecule has 0 atom stereocenters. The third-order valence-electron chi connectivity index (χ3n) is 3.14. The zero-order chi connectivity index (χ0) is 15.6. The maximum absolute atomic E-state index is 12.0. The van der Waals surface area contributed by atoms with Gasteiger partial charge in [0.05, 0.1) is 5.69 Å². The highest BCUT2D eigenvalue weighted by Crippen LogP contribution is 2.19. The van der Waals surface area contributed by atoms with E-state index < -0.39 is 0 Å². The van der Waals surface area contributed by atoms with Crippen LogP contribution in [0.3, 0.4) is 0 Å². The van der Waals surface area contributed by atoms with Gasteiger partial charge in [-0.2, -0.15) is 4.68 Å². The predicted octanol–water partition coefficient (Wildman–Crippen LogP) is 2.11. The van der Waals surface area contributed by atoms with Crippen molar-refractivity contribution in [2.75, 3.05) is 5.73 Å². The van der Waals surface area contributed by atoms with Crippen LogP contribution in [0.15, 0.2) is 24.3 Å². The highest BCUT2D eigenvalue weighted by atomic mass is 16.2. The Labute approximate surface area is 124 Å². The lowest BCUT2D eigenvalue weighted by atomic mass is 10.0. The second-order valence-electron chi connectivity index (χ2n) is 5.61. The molecule has 2 rings (SSSR count). The number of nitrogens with zero attached hydrogens (tertiary/aromatic N) is 3. The molecule has 112 valence electrons. The Bertz CT molecular complexity index is 628. The van der Waals surface area contributed by atoms with E-state index in [4.69, 9.17) is 5.73 Å². The molecule has 1 heterocycles. The Balaban J connectivity index is 2.29. The Morgan fingerprint density at radius 2 is 1.81 bits per heavy atom. The van der Waals surface area contributed by atoms with E-state index in [0.29, 0.717) is 5.92 Å². The number of nitrogens with two attached hydrogens (primary N) is 1. The van der Waals surface area contributed by atoms with Crippen molar-refractivity contribution in [3.63, 3.8) is 0 Å². The van der Waals surface area contributed by atoms with Gasteiger partial charge >= 0.3 is 0 Å². The number of anilines is 1. The number of nitrogen functional groups attached to an aromatic ring is 1. The molecule has 6 heteroatoms. The Morgan fingerprint density at radius 1 is 1.19 bits per heavy atom. The van der Waals surface area contributed by atoms with Crippen molar-refractivity contribution in [3.8, 4) is 5.69 Å². The number of carbonyl (C=O) groups is 1. The van der Waals surface area contributed by atoms with Crippen LogP contribution in [0.4, 0.5) is 5.82 Å². The molecule has 0 fully saturated rings. The Morgan fingerprint density at radius 3 is 2.33 bits per heavy atom. The summed E-state index contributed by atoms with van der Waals surface area (Å²) >= 11 is 0. The minimum absolute atomic E-state index is 0.0207. The monoisotopic (exact) mass is 287 g/mol. The zero-order valence-electron chi connectivity index (χ0n) is 12.8. The number of benzene rings is 1. The largest absolute Gasteiger partial charge is 0.382 e. The summed E-state index contributed by atoms with van der Waals surface area (Å²) in [4.78, 5) is 12.0. The average molecular weight is 287 g/mol. The van der Waals surface area contributed by atoms with E-state index in [1.54, 1.807) is 0 Å². The van der Waals surface area contributed by atoms with Gasteiger partial charge in [-0.05, 0) is 37.5 Å². The van der Waals surface area contributed by atoms with Crippen LogP contribution in [-0.4, -0.2) is 26.9 Å². The lowest BCUT2D eigenvalue weighted by molar-refractivity contribution is 0.0939. The van der Waals surface area contributed by atoms with E-state index in [-0.39, 0.29) is 23.5 Å². The van der Waals surface area contributed by atoms with Crippen LogP contribution in [0, 0.1) is 0 Å². The summed E-state index contributed by atoms with van der Waals surface area (Å²) in [6.45, 7) is 8.02. The SMILES string of the molecule is CC(C)NC(=O)c1nnn(-c2ccc(C(C)C)cc2)c1N. The molecule has 0 aliphatic heterocycles. The number of aromatic nitrogens is 3. The summed E-state index contributed by atoms with van der Waals surface area (Å²) in [7, 11) is 0. The van der Waals surface area contributed by atoms with Crippen LogP contribution in [0.2, 0.25) is 0 Å². The molecule has 6 nitrogen and oxygen atoms in total. The molecule has 0 unspecified atom stereocenters. The zero-order valence-corrected chi connectivity index (χ0v) is 12.8. The lowest BCUT2D eigenvalue weighted by Crippen LogP contribution is -2.31. The van der Waals surface area contributed by atoms with Crippen molar-refractivity contribution in [2.45, 2.75) is 39.7 Å². The first-order chi connectivity index (χ1) is 9.90. The first-order valence-electron chi connectivity index (χ1n) is 7.02. The molecule has 0 saturated carbocycles. The van der Waals surface area contributed by atoms with Gasteiger partial charge in [-0.3, -0.25) is 4.79 Å². The third-order valence-corrected chi connectivity index (χ3v) is 3.14. The first-order valence-corrected chi connectivity index (χ1v) is 7.02. The fourth-order valence-corrected chi connectivity index (χ4v) is 1.97. The molecule has 2 aromatic rings. The molecule has 0 spiro atoms. The third kappa shape index (κ3) is 3.21. The van der Waals surface area contributed by atoms with E-state index in [0.717, 1.165) is 5.69 Å². The molecule has 21 heavy (non-hydrogen) atoms. The molecule has 3 N–H and O–H groups in total. The van der Waals surface area contributed by atoms with Crippen molar-refractivity contribution in [1.82, 2.24) is 20.3 Å². The van der Waals surface area contributed by atoms with Gasteiger partial charge in [0, 0.05) is 6.04 Å². The summed E-state index contributed by atoms with van der Waals surface area (Å²) in [5.41, 5.74) is 8.15. The summed E-state index contributed by atoms with van der Waals surface area (Å²) in [6, 6.07) is 7.91. The second-order valence-corrected chi connectivity index (χ2v) is 5.61. The number of amides is 1. The number of nitrogens with one attached hydrogen (secondary N) is 1. The summed E-state index contributed by atoms with van der Waals surface area (Å²) in [5, 5.41) is 10.6. The normalized spacial score (nSPS) is 11.1. The summed E-state index contributed by atoms with van der Waals surface area (Å²) < 4.78 is 1.47. The molecular weight excluding hydrogens is 266 g/mol. The van der Waals surface area contributed by atoms with Gasteiger partial charge in [0.15, 0.2) is 11.5 Å². The smallest absolute Gasteiger partial charge is 0.275 e. The van der Waals surface area contributed by atoms with Crippen LogP contribution >= 0.6 is 0 Å². The highest BCUT2D eigenvalue weighted by Gasteiger charge is 2.18. The lowest BCUT2D eigenvalue weighted by Gasteiger charge is -2.08. The average Bonchev–Trinajstić information content (AvgIpc) is 2.80. The van der Waals surface area contributed by atoms with Gasteiger partial charge in [-0.25, -0.2) is 0 Å². The number of hydrogen-bond acceptors (Lipinski definition) is 4. The van der Waals surface area contributed by atoms with Gasteiger partial charge in [0.1, 0.15) is 0 Å². The standard InChI is InChI=1S/C15H21N5O/c1-9(2)11-5-7-12(8-6-11)20-14(16)13(18-19-20)15(21)17-10(3)4/h5-10H,16H2,1-4H3,(H,17,21). The number of hydrogen-bond donors (Lipinski definition) is 2. The topological polar surface area (TPSA) is 85.8 Å². The molecule has 0 radical (unpaired) electrons. The van der Waals surface area contributed by atoms with Crippen molar-refractivity contribution in [2.24, 2.45) is 0 Å². The van der Waals surface area contributed by atoms with Gasteiger partial charge in [0.2, 0.25) is 0 Å². The Kier molecular flexibility index (Phi) is 4.26. The molecule has 0 saturated heterocycles. The van der Waals surface area contributed by atoms with E-state index in [2.05, 4.69) is 29.5 Å². The fraction of sp³-hybridized carbons (Fsp3) is 0.400. The molecule has 1 aromatic heterocycles. The van der Waals surface area contributed by atoms with Crippen molar-refractivity contribution in [1.29, 1.82) is 0 Å². The van der Waals surface area contributed by atoms with Crippen molar-refractivity contribution in [3.05, 3.63) is 35.5 Å². The maximum atomic E-state index is 12.0. The van der Waals surface area contributed by atoms with Gasteiger partial charge < -0.3 is 11.1 Å². The van der Waals surface area contributed by atoms with E-state index in [1.165, 1.54) is 10.2 Å².